The largest absolute Gasteiger partial charge is 0.366 e. The van der Waals surface area contributed by atoms with E-state index in [1.807, 2.05) is 24.0 Å². The van der Waals surface area contributed by atoms with Gasteiger partial charge >= 0.3 is 0 Å². The van der Waals surface area contributed by atoms with Gasteiger partial charge in [0.05, 0.1) is 17.1 Å². The van der Waals surface area contributed by atoms with Gasteiger partial charge in [-0.3, -0.25) is 0 Å². The van der Waals surface area contributed by atoms with E-state index in [-0.39, 0.29) is 0 Å². The zero-order chi connectivity index (χ0) is 19.5. The van der Waals surface area contributed by atoms with Crippen LogP contribution in [0.25, 0.3) is 33.6 Å². The van der Waals surface area contributed by atoms with Crippen LogP contribution in [0.1, 0.15) is 32.1 Å². The fraction of sp³-hybridized carbons (Fsp3) is 0.429. The SMILES string of the molecule is Cn1ccc2c(NC3CC4CCC3CC4)nc(-c3c[nH]c4ncc(Cl)nc34)nc21. The summed E-state index contributed by atoms with van der Waals surface area (Å²) in [5, 5.41) is 5.21. The molecule has 2 N–H and O–H groups in total. The summed E-state index contributed by atoms with van der Waals surface area (Å²) in [6.07, 6.45) is 12.1. The van der Waals surface area contributed by atoms with Crippen molar-refractivity contribution in [1.29, 1.82) is 0 Å². The van der Waals surface area contributed by atoms with E-state index in [1.54, 1.807) is 0 Å². The first-order valence-electron chi connectivity index (χ1n) is 10.3. The summed E-state index contributed by atoms with van der Waals surface area (Å²) in [5.41, 5.74) is 3.09. The monoisotopic (exact) mass is 407 g/mol. The van der Waals surface area contributed by atoms with Gasteiger partial charge in [-0.15, -0.1) is 0 Å². The fourth-order valence-electron chi connectivity index (χ4n) is 5.14. The van der Waals surface area contributed by atoms with Gasteiger partial charge in [0, 0.05) is 25.5 Å². The van der Waals surface area contributed by atoms with E-state index in [1.165, 1.54) is 38.3 Å². The Hall–Kier alpha value is -2.67. The smallest absolute Gasteiger partial charge is 0.167 e. The molecule has 0 saturated heterocycles. The topological polar surface area (TPSA) is 84.3 Å². The highest BCUT2D eigenvalue weighted by molar-refractivity contribution is 6.29. The third-order valence-corrected chi connectivity index (χ3v) is 6.87. The molecule has 3 aliphatic carbocycles. The fourth-order valence-corrected chi connectivity index (χ4v) is 5.27. The summed E-state index contributed by atoms with van der Waals surface area (Å²) in [7, 11) is 2.01. The van der Waals surface area contributed by atoms with Crippen LogP contribution >= 0.6 is 11.6 Å². The number of fused-ring (bicyclic) bond motifs is 5. The summed E-state index contributed by atoms with van der Waals surface area (Å²) in [6, 6.07) is 2.58. The first kappa shape index (κ1) is 17.2. The molecule has 1 atom stereocenters. The van der Waals surface area contributed by atoms with Crippen molar-refractivity contribution in [3.8, 4) is 11.4 Å². The van der Waals surface area contributed by atoms with Crippen molar-refractivity contribution in [3.63, 3.8) is 0 Å². The Morgan fingerprint density at radius 2 is 2.03 bits per heavy atom. The second-order valence-electron chi connectivity index (χ2n) is 8.42. The first-order chi connectivity index (χ1) is 14.2. The van der Waals surface area contributed by atoms with E-state index in [0.717, 1.165) is 34.3 Å². The van der Waals surface area contributed by atoms with Gasteiger partial charge in [0.15, 0.2) is 11.5 Å². The van der Waals surface area contributed by atoms with Crippen molar-refractivity contribution in [2.45, 2.75) is 38.1 Å². The number of nitrogens with zero attached hydrogens (tertiary/aromatic N) is 5. The first-order valence-corrected chi connectivity index (χ1v) is 10.6. The highest BCUT2D eigenvalue weighted by Crippen LogP contribution is 2.43. The van der Waals surface area contributed by atoms with Crippen molar-refractivity contribution >= 4 is 39.6 Å². The Morgan fingerprint density at radius 1 is 1.17 bits per heavy atom. The third-order valence-electron chi connectivity index (χ3n) is 6.69. The minimum Gasteiger partial charge on any atom is -0.366 e. The van der Waals surface area contributed by atoms with Crippen LogP contribution in [-0.2, 0) is 7.05 Å². The molecule has 7 nitrogen and oxygen atoms in total. The second-order valence-corrected chi connectivity index (χ2v) is 8.81. The Bertz CT molecular complexity index is 1220. The maximum absolute atomic E-state index is 6.09. The van der Waals surface area contributed by atoms with Crippen LogP contribution in [-0.4, -0.2) is 35.5 Å². The summed E-state index contributed by atoms with van der Waals surface area (Å²) in [6.45, 7) is 0. The lowest BCUT2D eigenvalue weighted by atomic mass is 9.68. The predicted molar refractivity (Wildman–Crippen MR) is 114 cm³/mol. The number of aromatic nitrogens is 6. The number of hydrogen-bond acceptors (Lipinski definition) is 5. The average molecular weight is 408 g/mol. The van der Waals surface area contributed by atoms with Crippen LogP contribution in [0.2, 0.25) is 5.15 Å². The lowest BCUT2D eigenvalue weighted by molar-refractivity contribution is 0.157. The van der Waals surface area contributed by atoms with Gasteiger partial charge in [0.25, 0.3) is 0 Å². The molecule has 4 heterocycles. The van der Waals surface area contributed by atoms with E-state index in [9.17, 15) is 0 Å². The number of hydrogen-bond donors (Lipinski definition) is 2. The number of nitrogens with one attached hydrogen (secondary N) is 2. The molecule has 4 aromatic heterocycles. The molecular formula is C21H22ClN7. The van der Waals surface area contributed by atoms with Crippen LogP contribution in [0, 0.1) is 11.8 Å². The standard InChI is InChI=1S/C21H22ClN7/c1-29-7-6-13-18(25-15-8-11-2-4-12(15)5-3-11)27-19(28-21(13)29)14-9-23-20-17(14)26-16(22)10-24-20/h6-7,9-12,15H,2-5,8H2,1H3,(H,23,24)(H,25,27,28). The Morgan fingerprint density at radius 3 is 2.83 bits per heavy atom. The third kappa shape index (κ3) is 2.79. The van der Waals surface area contributed by atoms with E-state index in [2.05, 4.69) is 26.3 Å². The summed E-state index contributed by atoms with van der Waals surface area (Å²) >= 11 is 6.09. The highest BCUT2D eigenvalue weighted by Gasteiger charge is 2.36. The number of halogens is 1. The lowest BCUT2D eigenvalue weighted by Gasteiger charge is -2.42. The molecule has 0 aromatic carbocycles. The second kappa shape index (κ2) is 6.42. The lowest BCUT2D eigenvalue weighted by Crippen LogP contribution is -2.40. The number of aromatic amines is 1. The summed E-state index contributed by atoms with van der Waals surface area (Å²) in [5.74, 6) is 3.14. The molecule has 0 spiro atoms. The van der Waals surface area contributed by atoms with Crippen molar-refractivity contribution in [1.82, 2.24) is 29.5 Å². The van der Waals surface area contributed by atoms with Gasteiger partial charge in [0.2, 0.25) is 0 Å². The van der Waals surface area contributed by atoms with Crippen LogP contribution in [0.4, 0.5) is 5.82 Å². The molecule has 148 valence electrons. The van der Waals surface area contributed by atoms with Crippen LogP contribution in [0.5, 0.6) is 0 Å². The predicted octanol–water partition coefficient (Wildman–Crippen LogP) is 4.55. The van der Waals surface area contributed by atoms with E-state index in [4.69, 9.17) is 21.6 Å². The number of rotatable bonds is 3. The average Bonchev–Trinajstić information content (AvgIpc) is 3.32. The summed E-state index contributed by atoms with van der Waals surface area (Å²) in [4.78, 5) is 21.7. The zero-order valence-corrected chi connectivity index (χ0v) is 16.9. The molecule has 8 heteroatoms. The molecule has 0 amide bonds. The Labute approximate surface area is 172 Å². The van der Waals surface area contributed by atoms with Gasteiger partial charge < -0.3 is 14.9 Å². The van der Waals surface area contributed by atoms with Crippen molar-refractivity contribution in [2.75, 3.05) is 5.32 Å². The molecule has 3 saturated carbocycles. The molecule has 4 aromatic rings. The molecular weight excluding hydrogens is 386 g/mol. The Kier molecular flexibility index (Phi) is 3.81. The quantitative estimate of drug-likeness (QED) is 0.520. The molecule has 3 fully saturated rings. The zero-order valence-electron chi connectivity index (χ0n) is 16.2. The van der Waals surface area contributed by atoms with Crippen LogP contribution < -0.4 is 5.32 Å². The van der Waals surface area contributed by atoms with E-state index < -0.39 is 0 Å². The van der Waals surface area contributed by atoms with Gasteiger partial charge in [-0.1, -0.05) is 24.4 Å². The minimum atomic E-state index is 0.356. The Balaban J connectivity index is 1.48. The molecule has 1 unspecified atom stereocenters. The molecule has 0 aliphatic heterocycles. The maximum atomic E-state index is 6.09. The van der Waals surface area contributed by atoms with Crippen molar-refractivity contribution in [2.24, 2.45) is 18.9 Å². The highest BCUT2D eigenvalue weighted by atomic mass is 35.5. The van der Waals surface area contributed by atoms with E-state index >= 15 is 0 Å². The van der Waals surface area contributed by atoms with Crippen molar-refractivity contribution < 1.29 is 0 Å². The van der Waals surface area contributed by atoms with Crippen LogP contribution in [0.15, 0.2) is 24.7 Å². The van der Waals surface area contributed by atoms with Gasteiger partial charge in [0.1, 0.15) is 22.1 Å². The maximum Gasteiger partial charge on any atom is 0.167 e. The normalized spacial score (nSPS) is 23.9. The van der Waals surface area contributed by atoms with Crippen molar-refractivity contribution in [3.05, 3.63) is 29.8 Å². The van der Waals surface area contributed by atoms with E-state index in [0.29, 0.717) is 28.2 Å². The van der Waals surface area contributed by atoms with Gasteiger partial charge in [-0.05, 0) is 37.2 Å². The molecule has 7 rings (SSSR count). The number of aryl methyl sites for hydroxylation is 1. The summed E-state index contributed by atoms with van der Waals surface area (Å²) < 4.78 is 2.03. The number of H-pyrrole nitrogens is 1. The van der Waals surface area contributed by atoms with Crippen LogP contribution in [0.3, 0.4) is 0 Å². The minimum absolute atomic E-state index is 0.356. The molecule has 0 radical (unpaired) electrons. The molecule has 29 heavy (non-hydrogen) atoms. The number of anilines is 1. The molecule has 3 aliphatic rings. The van der Waals surface area contributed by atoms with Gasteiger partial charge in [-0.25, -0.2) is 19.9 Å². The molecule has 2 bridgehead atoms. The van der Waals surface area contributed by atoms with Gasteiger partial charge in [-0.2, -0.15) is 0 Å².